The highest BCUT2D eigenvalue weighted by atomic mass is 32.2. The second kappa shape index (κ2) is 7.41. The van der Waals surface area contributed by atoms with Crippen LogP contribution in [-0.2, 0) is 25.8 Å². The van der Waals surface area contributed by atoms with Gasteiger partial charge < -0.3 is 4.55 Å². The lowest BCUT2D eigenvalue weighted by Crippen LogP contribution is -2.42. The number of rotatable bonds is 4. The van der Waals surface area contributed by atoms with Gasteiger partial charge >= 0.3 is 0 Å². The van der Waals surface area contributed by atoms with Gasteiger partial charge in [0.25, 0.3) is 0 Å². The molecule has 0 N–H and O–H groups in total. The zero-order valence-corrected chi connectivity index (χ0v) is 17.1. The fourth-order valence-corrected chi connectivity index (χ4v) is 6.47. The largest absolute Gasteiger partial charge is 0.748 e. The van der Waals surface area contributed by atoms with Gasteiger partial charge in [0, 0.05) is 22.7 Å². The van der Waals surface area contributed by atoms with Crippen LogP contribution in [0.25, 0.3) is 0 Å². The second-order valence-corrected chi connectivity index (χ2v) is 11.3. The highest BCUT2D eigenvalue weighted by molar-refractivity contribution is 7.96. The number of fused-ring (bicyclic) bond motifs is 2. The monoisotopic (exact) mass is 384 g/mol. The molecule has 0 heterocycles. The summed E-state index contributed by atoms with van der Waals surface area (Å²) in [5.74, 6) is 0.974. The van der Waals surface area contributed by atoms with Crippen molar-refractivity contribution in [2.45, 2.75) is 44.9 Å². The number of Topliss-reactive ketones (excluding diaryl/α,β-unsaturated/α-hetero) is 1. The van der Waals surface area contributed by atoms with Crippen molar-refractivity contribution in [3.63, 3.8) is 0 Å². The van der Waals surface area contributed by atoms with Gasteiger partial charge in [-0.1, -0.05) is 32.0 Å². The third-order valence-electron chi connectivity index (χ3n) is 6.14. The van der Waals surface area contributed by atoms with Crippen molar-refractivity contribution in [2.75, 3.05) is 17.8 Å². The number of carbonyl (C=O) groups excluding carboxylic acids is 1. The van der Waals surface area contributed by atoms with Gasteiger partial charge in [0.15, 0.2) is 4.90 Å². The molecule has 2 aliphatic carbocycles. The molecular formula is C19H28O4S2. The average molecular weight is 385 g/mol. The first-order valence-corrected chi connectivity index (χ1v) is 12.1. The summed E-state index contributed by atoms with van der Waals surface area (Å²) in [4.78, 5) is 13.3. The molecule has 2 bridgehead atoms. The lowest BCUT2D eigenvalue weighted by molar-refractivity contribution is -0.128. The van der Waals surface area contributed by atoms with Crippen LogP contribution in [0.5, 0.6) is 0 Å². The van der Waals surface area contributed by atoms with Crippen molar-refractivity contribution in [2.24, 2.45) is 16.7 Å². The topological polar surface area (TPSA) is 74.3 Å². The molecule has 4 nitrogen and oxygen atoms in total. The van der Waals surface area contributed by atoms with E-state index in [9.17, 15) is 17.8 Å². The Balaban J connectivity index is 0.000000196. The van der Waals surface area contributed by atoms with Gasteiger partial charge in [-0.05, 0) is 43.2 Å². The fraction of sp³-hybridized carbons (Fsp3) is 0.632. The highest BCUT2D eigenvalue weighted by Crippen LogP contribution is 2.64. The van der Waals surface area contributed by atoms with Crippen LogP contribution < -0.4 is 0 Å². The third-order valence-corrected chi connectivity index (χ3v) is 8.93. The number of hydrogen-bond donors (Lipinski definition) is 0. The summed E-state index contributed by atoms with van der Waals surface area (Å²) in [6.45, 7) is 6.07. The lowest BCUT2D eigenvalue weighted by Gasteiger charge is -2.37. The van der Waals surface area contributed by atoms with Gasteiger partial charge in [0.1, 0.15) is 17.8 Å². The molecule has 6 heteroatoms. The molecule has 2 aliphatic rings. The predicted octanol–water partition coefficient (Wildman–Crippen LogP) is 3.24. The van der Waals surface area contributed by atoms with E-state index in [1.165, 1.54) is 10.6 Å². The molecule has 0 amide bonds. The molecule has 3 rings (SSSR count). The molecule has 1 aromatic carbocycles. The summed E-state index contributed by atoms with van der Waals surface area (Å²) in [5, 5.41) is 0. The molecule has 3 atom stereocenters. The van der Waals surface area contributed by atoms with Crippen molar-refractivity contribution >= 4 is 26.8 Å². The molecular weight excluding hydrogens is 356 g/mol. The van der Waals surface area contributed by atoms with Crippen molar-refractivity contribution in [3.05, 3.63) is 30.3 Å². The summed E-state index contributed by atoms with van der Waals surface area (Å²) in [6.07, 6.45) is 4.16. The number of benzene rings is 1. The van der Waals surface area contributed by atoms with Gasteiger partial charge in [-0.15, -0.1) is 0 Å². The maximum atomic E-state index is 11.8. The first kappa shape index (κ1) is 20.5. The number of ketones is 1. The minimum absolute atomic E-state index is 0.0248. The van der Waals surface area contributed by atoms with Gasteiger partial charge in [-0.25, -0.2) is 8.42 Å². The summed E-state index contributed by atoms with van der Waals surface area (Å²) >= 11 is 0. The van der Waals surface area contributed by atoms with E-state index < -0.39 is 21.3 Å². The minimum atomic E-state index is -4.33. The predicted molar refractivity (Wildman–Crippen MR) is 102 cm³/mol. The van der Waals surface area contributed by atoms with E-state index in [0.717, 1.165) is 6.42 Å². The number of hydrogen-bond acceptors (Lipinski definition) is 4. The van der Waals surface area contributed by atoms with Crippen molar-refractivity contribution in [1.82, 2.24) is 0 Å². The molecule has 2 fully saturated rings. The zero-order valence-electron chi connectivity index (χ0n) is 15.4. The Bertz CT molecular complexity index is 712. The van der Waals surface area contributed by atoms with Crippen LogP contribution in [0.3, 0.4) is 0 Å². The van der Waals surface area contributed by atoms with Crippen LogP contribution in [0, 0.1) is 16.7 Å². The number of carbonyl (C=O) groups is 1. The Morgan fingerprint density at radius 3 is 2.24 bits per heavy atom. The Labute approximate surface area is 154 Å². The van der Waals surface area contributed by atoms with Crippen LogP contribution in [0.1, 0.15) is 40.0 Å². The molecule has 0 saturated heterocycles. The Morgan fingerprint density at radius 1 is 1.24 bits per heavy atom. The van der Waals surface area contributed by atoms with Crippen LogP contribution in [0.2, 0.25) is 0 Å². The van der Waals surface area contributed by atoms with Gasteiger partial charge in [0.2, 0.25) is 0 Å². The van der Waals surface area contributed by atoms with Gasteiger partial charge in [-0.2, -0.15) is 0 Å². The molecule has 140 valence electrons. The molecule has 2 saturated carbocycles. The van der Waals surface area contributed by atoms with E-state index in [2.05, 4.69) is 43.5 Å². The standard InChI is InChI=1S/C10H16O4S.C9H13S/c1-9(2)7-3-4-10(9,8(11)5-7)6-15(12,13)14;1-3-10(2)9-7-5-4-6-8-9/h7H,3-6H2,1-2H3,(H,12,13,14);4-8H,3H2,1-2H3/q;+1/p-1. The van der Waals surface area contributed by atoms with E-state index in [1.807, 2.05) is 13.8 Å². The summed E-state index contributed by atoms with van der Waals surface area (Å²) in [7, 11) is -3.87. The lowest BCUT2D eigenvalue weighted by atomic mass is 9.70. The van der Waals surface area contributed by atoms with Crippen LogP contribution in [0.15, 0.2) is 35.2 Å². The first-order chi connectivity index (χ1) is 11.5. The maximum absolute atomic E-state index is 11.8. The van der Waals surface area contributed by atoms with E-state index in [0.29, 0.717) is 23.7 Å². The Morgan fingerprint density at radius 2 is 1.84 bits per heavy atom. The molecule has 25 heavy (non-hydrogen) atoms. The first-order valence-electron chi connectivity index (χ1n) is 8.68. The third kappa shape index (κ3) is 4.12. The Hall–Kier alpha value is -0.850. The molecule has 1 aromatic rings. The van der Waals surface area contributed by atoms with Crippen molar-refractivity contribution in [1.29, 1.82) is 0 Å². The fourth-order valence-electron chi connectivity index (χ4n) is 4.23. The smallest absolute Gasteiger partial charge is 0.154 e. The second-order valence-electron chi connectivity index (χ2n) is 7.61. The van der Waals surface area contributed by atoms with Crippen LogP contribution in [0.4, 0.5) is 0 Å². The molecule has 0 aromatic heterocycles. The Kier molecular flexibility index (Phi) is 6.07. The normalized spacial score (nSPS) is 28.4. The van der Waals surface area contributed by atoms with Crippen molar-refractivity contribution < 1.29 is 17.8 Å². The van der Waals surface area contributed by atoms with E-state index in [-0.39, 0.29) is 17.1 Å². The van der Waals surface area contributed by atoms with E-state index in [1.54, 1.807) is 0 Å². The molecule has 3 unspecified atom stereocenters. The van der Waals surface area contributed by atoms with Gasteiger partial charge in [0.05, 0.1) is 15.9 Å². The van der Waals surface area contributed by atoms with E-state index >= 15 is 0 Å². The maximum Gasteiger partial charge on any atom is 0.154 e. The summed E-state index contributed by atoms with van der Waals surface area (Å²) < 4.78 is 32.7. The van der Waals surface area contributed by atoms with E-state index in [4.69, 9.17) is 0 Å². The molecule has 0 spiro atoms. The van der Waals surface area contributed by atoms with Gasteiger partial charge in [-0.3, -0.25) is 4.79 Å². The highest BCUT2D eigenvalue weighted by Gasteiger charge is 2.64. The average Bonchev–Trinajstić information content (AvgIpc) is 2.88. The minimum Gasteiger partial charge on any atom is -0.748 e. The van der Waals surface area contributed by atoms with Crippen molar-refractivity contribution in [3.8, 4) is 0 Å². The molecule has 0 radical (unpaired) electrons. The quantitative estimate of drug-likeness (QED) is 0.590. The SMILES string of the molecule is CC1(C)C2CCC1(CS(=O)(=O)[O-])C(=O)C2.CC[S+](C)c1ccccc1. The van der Waals surface area contributed by atoms with Crippen LogP contribution in [-0.4, -0.2) is 36.5 Å². The zero-order chi connectivity index (χ0) is 18.9. The summed E-state index contributed by atoms with van der Waals surface area (Å²) in [5.41, 5.74) is -1.22. The summed E-state index contributed by atoms with van der Waals surface area (Å²) in [6, 6.07) is 10.7. The van der Waals surface area contributed by atoms with Crippen LogP contribution >= 0.6 is 0 Å². The molecule has 0 aliphatic heterocycles.